The predicted octanol–water partition coefficient (Wildman–Crippen LogP) is 4.18. The predicted molar refractivity (Wildman–Crippen MR) is 129 cm³/mol. The summed E-state index contributed by atoms with van der Waals surface area (Å²) >= 11 is 18.5. The van der Waals surface area contributed by atoms with Crippen LogP contribution in [0.3, 0.4) is 0 Å². The van der Waals surface area contributed by atoms with Gasteiger partial charge in [-0.2, -0.15) is 0 Å². The summed E-state index contributed by atoms with van der Waals surface area (Å²) in [4.78, 5) is 30.9. The third-order valence-electron chi connectivity index (χ3n) is 6.40. The standard InChI is InChI=1S/C24H26Cl3N3O2/c1-29-10-12-30(13-11-29)22(31)21(14-16-2-4-17(25)5-3-16)28-23(32)24(8-9-24)19-7-6-18(26)15-20(19)27/h2-7,15,21H,8-14H2,1H3,(H,28,32)/t21-/m0/s1. The van der Waals surface area contributed by atoms with E-state index in [0.29, 0.717) is 47.4 Å². The number of rotatable bonds is 6. The fraction of sp³-hybridized carbons (Fsp3) is 0.417. The first kappa shape index (κ1) is 23.4. The summed E-state index contributed by atoms with van der Waals surface area (Å²) in [7, 11) is 2.04. The molecule has 32 heavy (non-hydrogen) atoms. The largest absolute Gasteiger partial charge is 0.343 e. The lowest BCUT2D eigenvalue weighted by atomic mass is 9.93. The zero-order chi connectivity index (χ0) is 22.9. The monoisotopic (exact) mass is 493 g/mol. The van der Waals surface area contributed by atoms with Gasteiger partial charge in [0.05, 0.1) is 5.41 Å². The van der Waals surface area contributed by atoms with Crippen molar-refractivity contribution in [3.8, 4) is 0 Å². The van der Waals surface area contributed by atoms with Crippen LogP contribution in [0, 0.1) is 0 Å². The first-order valence-electron chi connectivity index (χ1n) is 10.8. The van der Waals surface area contributed by atoms with Gasteiger partial charge < -0.3 is 15.1 Å². The van der Waals surface area contributed by atoms with Gasteiger partial charge in [0.1, 0.15) is 6.04 Å². The van der Waals surface area contributed by atoms with E-state index >= 15 is 0 Å². The Labute approximate surface area is 203 Å². The summed E-state index contributed by atoms with van der Waals surface area (Å²) in [5.41, 5.74) is 0.998. The third kappa shape index (κ3) is 5.07. The van der Waals surface area contributed by atoms with Crippen molar-refractivity contribution < 1.29 is 9.59 Å². The zero-order valence-corrected chi connectivity index (χ0v) is 20.2. The molecule has 2 fully saturated rings. The molecule has 1 saturated heterocycles. The highest BCUT2D eigenvalue weighted by Gasteiger charge is 2.53. The maximum atomic E-state index is 13.5. The number of hydrogen-bond donors (Lipinski definition) is 1. The van der Waals surface area contributed by atoms with Gasteiger partial charge >= 0.3 is 0 Å². The van der Waals surface area contributed by atoms with Gasteiger partial charge in [-0.05, 0) is 55.3 Å². The van der Waals surface area contributed by atoms with Gasteiger partial charge in [0.15, 0.2) is 0 Å². The fourth-order valence-electron chi connectivity index (χ4n) is 4.22. The molecule has 170 valence electrons. The number of hydrogen-bond acceptors (Lipinski definition) is 3. The van der Waals surface area contributed by atoms with Gasteiger partial charge in [-0.15, -0.1) is 0 Å². The second-order valence-corrected chi connectivity index (χ2v) is 9.97. The van der Waals surface area contributed by atoms with Crippen molar-refractivity contribution in [1.29, 1.82) is 0 Å². The average Bonchev–Trinajstić information content (AvgIpc) is 3.56. The molecule has 0 bridgehead atoms. The molecule has 0 radical (unpaired) electrons. The molecule has 0 spiro atoms. The third-order valence-corrected chi connectivity index (χ3v) is 7.20. The Hall–Kier alpha value is -1.79. The molecule has 2 aromatic carbocycles. The van der Waals surface area contributed by atoms with Gasteiger partial charge in [-0.3, -0.25) is 9.59 Å². The van der Waals surface area contributed by atoms with Gasteiger partial charge in [-0.25, -0.2) is 0 Å². The van der Waals surface area contributed by atoms with Crippen LogP contribution in [0.1, 0.15) is 24.0 Å². The molecule has 1 saturated carbocycles. The summed E-state index contributed by atoms with van der Waals surface area (Å²) < 4.78 is 0. The van der Waals surface area contributed by atoms with Crippen LogP contribution in [0.2, 0.25) is 15.1 Å². The Morgan fingerprint density at radius 1 is 0.969 bits per heavy atom. The van der Waals surface area contributed by atoms with Crippen LogP contribution in [0.15, 0.2) is 42.5 Å². The number of nitrogens with zero attached hydrogens (tertiary/aromatic N) is 2. The number of likely N-dealkylation sites (N-methyl/N-ethyl adjacent to an activating group) is 1. The smallest absolute Gasteiger partial charge is 0.245 e. The number of amides is 2. The minimum atomic E-state index is -0.706. The fourth-order valence-corrected chi connectivity index (χ4v) is 4.94. The Morgan fingerprint density at radius 3 is 2.19 bits per heavy atom. The molecular weight excluding hydrogens is 469 g/mol. The lowest BCUT2D eigenvalue weighted by molar-refractivity contribution is -0.138. The molecule has 2 aromatic rings. The number of carbonyl (C=O) groups excluding carboxylic acids is 2. The van der Waals surface area contributed by atoms with Crippen LogP contribution >= 0.6 is 34.8 Å². The number of nitrogens with one attached hydrogen (secondary N) is 1. The SMILES string of the molecule is CN1CCN(C(=O)[C@H](Cc2ccc(Cl)cc2)NC(=O)C2(c3ccc(Cl)cc3Cl)CC2)CC1. The second-order valence-electron chi connectivity index (χ2n) is 8.69. The maximum Gasteiger partial charge on any atom is 0.245 e. The normalized spacial score (nSPS) is 18.8. The Kier molecular flexibility index (Phi) is 7.01. The zero-order valence-electron chi connectivity index (χ0n) is 17.9. The minimum Gasteiger partial charge on any atom is -0.343 e. The van der Waals surface area contributed by atoms with Crippen molar-refractivity contribution >= 4 is 46.6 Å². The van der Waals surface area contributed by atoms with Crippen molar-refractivity contribution in [3.63, 3.8) is 0 Å². The number of piperazine rings is 1. The lowest BCUT2D eigenvalue weighted by Gasteiger charge is -2.35. The van der Waals surface area contributed by atoms with E-state index in [1.807, 2.05) is 30.1 Å². The molecule has 1 atom stereocenters. The van der Waals surface area contributed by atoms with Crippen LogP contribution in [0.5, 0.6) is 0 Å². The molecule has 1 aliphatic carbocycles. The Balaban J connectivity index is 1.55. The van der Waals surface area contributed by atoms with Crippen LogP contribution in [0.25, 0.3) is 0 Å². The highest BCUT2D eigenvalue weighted by molar-refractivity contribution is 6.35. The summed E-state index contributed by atoms with van der Waals surface area (Å²) in [6.07, 6.45) is 1.78. The van der Waals surface area contributed by atoms with E-state index in [0.717, 1.165) is 24.2 Å². The lowest BCUT2D eigenvalue weighted by Crippen LogP contribution is -2.56. The van der Waals surface area contributed by atoms with E-state index < -0.39 is 11.5 Å². The van der Waals surface area contributed by atoms with Crippen molar-refractivity contribution in [1.82, 2.24) is 15.1 Å². The molecule has 2 amide bonds. The van der Waals surface area contributed by atoms with E-state index in [-0.39, 0.29) is 11.8 Å². The quantitative estimate of drug-likeness (QED) is 0.655. The Morgan fingerprint density at radius 2 is 1.59 bits per heavy atom. The first-order valence-corrected chi connectivity index (χ1v) is 11.9. The molecular formula is C24H26Cl3N3O2. The number of carbonyl (C=O) groups is 2. The number of halogens is 3. The van der Waals surface area contributed by atoms with E-state index in [9.17, 15) is 9.59 Å². The molecule has 1 heterocycles. The van der Waals surface area contributed by atoms with Crippen molar-refractivity contribution in [2.45, 2.75) is 30.7 Å². The molecule has 5 nitrogen and oxygen atoms in total. The highest BCUT2D eigenvalue weighted by Crippen LogP contribution is 2.51. The second kappa shape index (κ2) is 9.60. The van der Waals surface area contributed by atoms with E-state index in [1.54, 1.807) is 24.3 Å². The summed E-state index contributed by atoms with van der Waals surface area (Å²) in [5, 5.41) is 4.70. The van der Waals surface area contributed by atoms with Gasteiger partial charge in [0.25, 0.3) is 0 Å². The summed E-state index contributed by atoms with van der Waals surface area (Å²) in [6.45, 7) is 2.93. The van der Waals surface area contributed by atoms with E-state index in [4.69, 9.17) is 34.8 Å². The first-order chi connectivity index (χ1) is 15.3. The van der Waals surface area contributed by atoms with Crippen molar-refractivity contribution in [2.75, 3.05) is 33.2 Å². The van der Waals surface area contributed by atoms with Crippen LogP contribution < -0.4 is 5.32 Å². The Bertz CT molecular complexity index is 1000. The molecule has 1 N–H and O–H groups in total. The van der Waals surface area contributed by atoms with Gasteiger partial charge in [0, 0.05) is 47.7 Å². The van der Waals surface area contributed by atoms with Crippen LogP contribution in [-0.4, -0.2) is 60.9 Å². The van der Waals surface area contributed by atoms with Crippen LogP contribution in [0.4, 0.5) is 0 Å². The van der Waals surface area contributed by atoms with Crippen molar-refractivity contribution in [2.24, 2.45) is 0 Å². The van der Waals surface area contributed by atoms with Crippen molar-refractivity contribution in [3.05, 3.63) is 68.7 Å². The van der Waals surface area contributed by atoms with Crippen LogP contribution in [-0.2, 0) is 21.4 Å². The molecule has 0 unspecified atom stereocenters. The summed E-state index contributed by atoms with van der Waals surface area (Å²) in [5.74, 6) is -0.220. The molecule has 2 aliphatic rings. The van der Waals surface area contributed by atoms with Gasteiger partial charge in [0.2, 0.25) is 11.8 Å². The van der Waals surface area contributed by atoms with E-state index in [1.165, 1.54) is 0 Å². The molecule has 1 aliphatic heterocycles. The maximum absolute atomic E-state index is 13.5. The minimum absolute atomic E-state index is 0.0561. The number of benzene rings is 2. The molecule has 0 aromatic heterocycles. The highest BCUT2D eigenvalue weighted by atomic mass is 35.5. The topological polar surface area (TPSA) is 52.6 Å². The summed E-state index contributed by atoms with van der Waals surface area (Å²) in [6, 6.07) is 11.9. The molecule has 8 heteroatoms. The molecule has 4 rings (SSSR count). The average molecular weight is 495 g/mol. The van der Waals surface area contributed by atoms with E-state index in [2.05, 4.69) is 10.2 Å². The van der Waals surface area contributed by atoms with Gasteiger partial charge in [-0.1, -0.05) is 53.0 Å².